The molecule has 0 amide bonds. The number of aliphatic carboxylic acids is 1. The number of halogens is 1. The lowest BCUT2D eigenvalue weighted by Gasteiger charge is -2.18. The molecule has 0 aliphatic carbocycles. The molecule has 10 heteroatoms. The van der Waals surface area contributed by atoms with Gasteiger partial charge in [0.05, 0.1) is 5.92 Å². The molecular weight excluding hydrogens is 328 g/mol. The van der Waals surface area contributed by atoms with Crippen molar-refractivity contribution in [2.75, 3.05) is 13.6 Å². The van der Waals surface area contributed by atoms with Gasteiger partial charge in [0.15, 0.2) is 4.60 Å². The number of sulfonamides is 1. The number of carboxylic acid groups (broad SMARTS) is 1. The summed E-state index contributed by atoms with van der Waals surface area (Å²) in [5, 5.41) is 15.8. The molecule has 0 saturated carbocycles. The van der Waals surface area contributed by atoms with Gasteiger partial charge >= 0.3 is 5.97 Å². The van der Waals surface area contributed by atoms with E-state index in [2.05, 4.69) is 26.2 Å². The average Bonchev–Trinajstić information content (AvgIpc) is 2.58. The zero-order valence-electron chi connectivity index (χ0n) is 10.0. The third-order valence-corrected chi connectivity index (χ3v) is 5.06. The molecule has 1 rings (SSSR count). The smallest absolute Gasteiger partial charge is 0.307 e. The second-order valence-electron chi connectivity index (χ2n) is 3.83. The lowest BCUT2D eigenvalue weighted by molar-refractivity contribution is -0.141. The zero-order valence-corrected chi connectivity index (χ0v) is 12.4. The van der Waals surface area contributed by atoms with Gasteiger partial charge < -0.3 is 5.11 Å². The van der Waals surface area contributed by atoms with Crippen LogP contribution >= 0.6 is 15.9 Å². The van der Waals surface area contributed by atoms with Crippen LogP contribution in [0.25, 0.3) is 0 Å². The Balaban J connectivity index is 3.05. The van der Waals surface area contributed by atoms with E-state index in [1.807, 2.05) is 0 Å². The van der Waals surface area contributed by atoms with Gasteiger partial charge in [0.25, 0.3) is 10.0 Å². The molecule has 0 aliphatic heterocycles. The summed E-state index contributed by atoms with van der Waals surface area (Å²) in [7, 11) is -1.07. The van der Waals surface area contributed by atoms with E-state index in [1.54, 1.807) is 0 Å². The van der Waals surface area contributed by atoms with Crippen molar-refractivity contribution in [2.45, 2.75) is 11.9 Å². The van der Waals surface area contributed by atoms with E-state index in [9.17, 15) is 13.2 Å². The Morgan fingerprint density at radius 3 is 2.56 bits per heavy atom. The first-order valence-corrected chi connectivity index (χ1v) is 7.15. The van der Waals surface area contributed by atoms with Crippen molar-refractivity contribution in [3.05, 3.63) is 4.60 Å². The second kappa shape index (κ2) is 5.33. The molecular formula is C8H13BrN4O4S. The normalized spacial score (nSPS) is 13.8. The third kappa shape index (κ3) is 2.87. The Bertz CT molecular complexity index is 536. The van der Waals surface area contributed by atoms with Crippen LogP contribution in [0.15, 0.2) is 9.63 Å². The number of carboxylic acids is 1. The van der Waals surface area contributed by atoms with Crippen LogP contribution in [0.2, 0.25) is 0 Å². The molecule has 0 aromatic carbocycles. The number of aryl methyl sites for hydroxylation is 1. The maximum Gasteiger partial charge on any atom is 0.307 e. The van der Waals surface area contributed by atoms with Crippen molar-refractivity contribution < 1.29 is 18.3 Å². The molecule has 0 bridgehead atoms. The van der Waals surface area contributed by atoms with E-state index >= 15 is 0 Å². The summed E-state index contributed by atoms with van der Waals surface area (Å²) in [6, 6.07) is 0. The van der Waals surface area contributed by atoms with Gasteiger partial charge in [0, 0.05) is 20.6 Å². The van der Waals surface area contributed by atoms with E-state index < -0.39 is 21.9 Å². The Labute approximate surface area is 113 Å². The molecule has 18 heavy (non-hydrogen) atoms. The van der Waals surface area contributed by atoms with Crippen molar-refractivity contribution in [3.8, 4) is 0 Å². The van der Waals surface area contributed by atoms with E-state index in [4.69, 9.17) is 5.11 Å². The molecule has 1 heterocycles. The van der Waals surface area contributed by atoms with Crippen molar-refractivity contribution in [3.63, 3.8) is 0 Å². The number of aromatic nitrogens is 3. The fourth-order valence-corrected chi connectivity index (χ4v) is 3.59. The van der Waals surface area contributed by atoms with E-state index in [0.29, 0.717) is 0 Å². The largest absolute Gasteiger partial charge is 0.481 e. The zero-order chi connectivity index (χ0) is 14.1. The first kappa shape index (κ1) is 15.1. The highest BCUT2D eigenvalue weighted by molar-refractivity contribution is 9.10. The maximum atomic E-state index is 12.2. The predicted octanol–water partition coefficient (Wildman–Crippen LogP) is -0.0812. The molecule has 1 atom stereocenters. The molecule has 8 nitrogen and oxygen atoms in total. The first-order valence-electron chi connectivity index (χ1n) is 4.92. The van der Waals surface area contributed by atoms with E-state index in [-0.39, 0.29) is 16.2 Å². The summed E-state index contributed by atoms with van der Waals surface area (Å²) >= 11 is 3.00. The van der Waals surface area contributed by atoms with Gasteiger partial charge in [-0.1, -0.05) is 12.1 Å². The summed E-state index contributed by atoms with van der Waals surface area (Å²) in [5.74, 6) is -1.86. The second-order valence-corrected chi connectivity index (χ2v) is 6.55. The van der Waals surface area contributed by atoms with Crippen molar-refractivity contribution in [1.82, 2.24) is 19.3 Å². The molecule has 102 valence electrons. The van der Waals surface area contributed by atoms with Crippen LogP contribution in [0.1, 0.15) is 6.92 Å². The van der Waals surface area contributed by atoms with Gasteiger partial charge in [-0.25, -0.2) is 13.1 Å². The van der Waals surface area contributed by atoms with Gasteiger partial charge in [-0.15, -0.1) is 5.10 Å². The van der Waals surface area contributed by atoms with Gasteiger partial charge in [-0.3, -0.25) is 4.79 Å². The van der Waals surface area contributed by atoms with Gasteiger partial charge in [-0.05, 0) is 15.9 Å². The van der Waals surface area contributed by atoms with Crippen LogP contribution in [-0.2, 0) is 21.9 Å². The Morgan fingerprint density at radius 1 is 1.61 bits per heavy atom. The highest BCUT2D eigenvalue weighted by Crippen LogP contribution is 2.21. The molecule has 0 spiro atoms. The van der Waals surface area contributed by atoms with Crippen molar-refractivity contribution in [1.29, 1.82) is 0 Å². The molecule has 0 saturated heterocycles. The summed E-state index contributed by atoms with van der Waals surface area (Å²) in [6.45, 7) is 1.31. The standard InChI is InChI=1S/C8H13BrN4O4S/c1-5(8(14)15)4-12(2)18(16,17)7-6(9)10-11-13(7)3/h5H,4H2,1-3H3,(H,14,15). The lowest BCUT2D eigenvalue weighted by atomic mass is 10.2. The summed E-state index contributed by atoms with van der Waals surface area (Å²) in [5.41, 5.74) is 0. The Kier molecular flexibility index (Phi) is 4.46. The minimum Gasteiger partial charge on any atom is -0.481 e. The highest BCUT2D eigenvalue weighted by atomic mass is 79.9. The fourth-order valence-electron chi connectivity index (χ4n) is 1.31. The predicted molar refractivity (Wildman–Crippen MR) is 65.3 cm³/mol. The van der Waals surface area contributed by atoms with Crippen LogP contribution < -0.4 is 0 Å². The lowest BCUT2D eigenvalue weighted by Crippen LogP contribution is -2.34. The Morgan fingerprint density at radius 2 is 2.17 bits per heavy atom. The van der Waals surface area contributed by atoms with Gasteiger partial charge in [0.2, 0.25) is 5.03 Å². The van der Waals surface area contributed by atoms with Crippen LogP contribution in [-0.4, -0.2) is 52.4 Å². The monoisotopic (exact) mass is 340 g/mol. The van der Waals surface area contributed by atoms with E-state index in [0.717, 1.165) is 8.99 Å². The number of carbonyl (C=O) groups is 1. The minimum atomic E-state index is -3.82. The van der Waals surface area contributed by atoms with Crippen molar-refractivity contribution in [2.24, 2.45) is 13.0 Å². The van der Waals surface area contributed by atoms with Crippen LogP contribution in [0.3, 0.4) is 0 Å². The van der Waals surface area contributed by atoms with Crippen LogP contribution in [0.5, 0.6) is 0 Å². The number of rotatable bonds is 5. The molecule has 1 unspecified atom stereocenters. The molecule has 1 N–H and O–H groups in total. The summed E-state index contributed by atoms with van der Waals surface area (Å²) < 4.78 is 26.6. The quantitative estimate of drug-likeness (QED) is 0.803. The number of hydrogen-bond acceptors (Lipinski definition) is 5. The minimum absolute atomic E-state index is 0.0971. The van der Waals surface area contributed by atoms with Crippen LogP contribution in [0.4, 0.5) is 0 Å². The number of hydrogen-bond donors (Lipinski definition) is 1. The Hall–Kier alpha value is -1.00. The molecule has 0 fully saturated rings. The van der Waals surface area contributed by atoms with Crippen LogP contribution in [0, 0.1) is 5.92 Å². The first-order chi connectivity index (χ1) is 8.17. The topological polar surface area (TPSA) is 105 Å². The highest BCUT2D eigenvalue weighted by Gasteiger charge is 2.30. The average molecular weight is 341 g/mol. The van der Waals surface area contributed by atoms with Crippen molar-refractivity contribution >= 4 is 31.9 Å². The summed E-state index contributed by atoms with van der Waals surface area (Å²) in [6.07, 6.45) is 0. The molecule has 1 aromatic heterocycles. The SMILES string of the molecule is CC(CN(C)S(=O)(=O)c1c(Br)nnn1C)C(=O)O. The van der Waals surface area contributed by atoms with Gasteiger partial charge in [-0.2, -0.15) is 4.31 Å². The number of nitrogens with zero attached hydrogens (tertiary/aromatic N) is 4. The fraction of sp³-hybridized carbons (Fsp3) is 0.625. The molecule has 1 aromatic rings. The molecule has 0 radical (unpaired) electrons. The van der Waals surface area contributed by atoms with Gasteiger partial charge in [0.1, 0.15) is 0 Å². The van der Waals surface area contributed by atoms with E-state index in [1.165, 1.54) is 21.0 Å². The maximum absolute atomic E-state index is 12.2. The summed E-state index contributed by atoms with van der Waals surface area (Å²) in [4.78, 5) is 10.7. The third-order valence-electron chi connectivity index (χ3n) is 2.34. The molecule has 0 aliphatic rings.